The van der Waals surface area contributed by atoms with Gasteiger partial charge in [-0.15, -0.1) is 5.11 Å². The van der Waals surface area contributed by atoms with Gasteiger partial charge in [0.25, 0.3) is 11.6 Å². The van der Waals surface area contributed by atoms with Crippen molar-refractivity contribution in [1.82, 2.24) is 9.58 Å². The van der Waals surface area contributed by atoms with Crippen LogP contribution in [0.1, 0.15) is 69.4 Å². The summed E-state index contributed by atoms with van der Waals surface area (Å²) < 4.78 is 9.74. The highest BCUT2D eigenvalue weighted by atomic mass is 16.6. The molecule has 9 rings (SSSR count). The molecule has 0 aliphatic carbocycles. The number of nitro groups is 1. The van der Waals surface area contributed by atoms with Crippen LogP contribution in [-0.2, 0) is 25.7 Å². The molecule has 0 saturated carbocycles. The van der Waals surface area contributed by atoms with Crippen LogP contribution in [0.25, 0.3) is 5.57 Å². The average molecular weight is 654 g/mol. The highest BCUT2D eigenvalue weighted by molar-refractivity contribution is 6.02. The number of benzene rings is 4. The van der Waals surface area contributed by atoms with Gasteiger partial charge in [0, 0.05) is 83.8 Å². The smallest absolute Gasteiger partial charge is 0.275 e. The number of nitro benzene ring substituents is 1. The fourth-order valence-electron chi connectivity index (χ4n) is 8.67. The number of aryl methyl sites for hydroxylation is 2. The molecule has 10 heteroatoms. The first-order valence-electron chi connectivity index (χ1n) is 17.4. The number of nitrogens with zero attached hydrogens (tertiary/aromatic N) is 6. The van der Waals surface area contributed by atoms with Crippen LogP contribution in [0.2, 0.25) is 0 Å². The van der Waals surface area contributed by atoms with E-state index in [0.717, 1.165) is 111 Å². The molecule has 10 nitrogen and oxygen atoms in total. The molecule has 5 heterocycles. The van der Waals surface area contributed by atoms with Gasteiger partial charge in [-0.05, 0) is 80.0 Å². The van der Waals surface area contributed by atoms with E-state index in [9.17, 15) is 14.9 Å². The molecule has 49 heavy (non-hydrogen) atoms. The van der Waals surface area contributed by atoms with Crippen molar-refractivity contribution in [2.45, 2.75) is 51.4 Å². The quantitative estimate of drug-likeness (QED) is 0.103. The van der Waals surface area contributed by atoms with Crippen LogP contribution in [0.4, 0.5) is 17.1 Å². The molecule has 4 aromatic rings. The van der Waals surface area contributed by atoms with Crippen LogP contribution in [-0.4, -0.2) is 49.1 Å². The summed E-state index contributed by atoms with van der Waals surface area (Å²) in [4.78, 5) is 27.4. The number of ether oxygens (including phenoxy) is 1. The molecule has 0 radical (unpaired) electrons. The van der Waals surface area contributed by atoms with Crippen LogP contribution < -0.4 is 24.8 Å². The highest BCUT2D eigenvalue weighted by Crippen LogP contribution is 2.48. The number of hydrogen-bond acceptors (Lipinski definition) is 7. The molecule has 0 spiro atoms. The van der Waals surface area contributed by atoms with Crippen LogP contribution in [0.5, 0.6) is 11.5 Å². The maximum absolute atomic E-state index is 14.2. The Morgan fingerprint density at radius 2 is 1.61 bits per heavy atom. The van der Waals surface area contributed by atoms with Gasteiger partial charge in [0.15, 0.2) is 0 Å². The normalized spacial score (nSPS) is 17.1. The molecule has 1 amide bonds. The minimum atomic E-state index is -0.459. The lowest BCUT2D eigenvalue weighted by atomic mass is 9.81. The van der Waals surface area contributed by atoms with Crippen molar-refractivity contribution >= 4 is 28.5 Å². The third kappa shape index (κ3) is 4.83. The second-order valence-electron chi connectivity index (χ2n) is 13.7. The number of amides is 1. The van der Waals surface area contributed by atoms with Crippen LogP contribution in [0, 0.1) is 10.1 Å². The van der Waals surface area contributed by atoms with Crippen molar-refractivity contribution < 1.29 is 14.5 Å². The van der Waals surface area contributed by atoms with Gasteiger partial charge in [-0.2, -0.15) is 0 Å². The average Bonchev–Trinajstić information content (AvgIpc) is 3.13. The fourth-order valence-corrected chi connectivity index (χ4v) is 8.67. The van der Waals surface area contributed by atoms with Crippen molar-refractivity contribution in [3.8, 4) is 11.5 Å². The molecule has 4 aromatic carbocycles. The minimum Gasteiger partial charge on any atom is -0.455 e. The van der Waals surface area contributed by atoms with Crippen molar-refractivity contribution in [2.75, 3.05) is 38.1 Å². The summed E-state index contributed by atoms with van der Waals surface area (Å²) in [5, 5.41) is 23.2. The minimum absolute atomic E-state index is 0.0300. The summed E-state index contributed by atoms with van der Waals surface area (Å²) in [6.45, 7) is 4.32. The van der Waals surface area contributed by atoms with E-state index >= 15 is 0 Å². The van der Waals surface area contributed by atoms with Gasteiger partial charge in [0.05, 0.1) is 16.2 Å². The van der Waals surface area contributed by atoms with Crippen molar-refractivity contribution in [2.24, 2.45) is 10.3 Å². The predicted octanol–water partition coefficient (Wildman–Crippen LogP) is 5.80. The molecular weight excluding hydrogens is 616 g/mol. The molecule has 246 valence electrons. The zero-order chi connectivity index (χ0) is 33.2. The number of non-ortho nitro benzene ring substituents is 1. The van der Waals surface area contributed by atoms with Gasteiger partial charge < -0.3 is 9.64 Å². The molecule has 0 saturated heterocycles. The predicted molar refractivity (Wildman–Crippen MR) is 186 cm³/mol. The Morgan fingerprint density at radius 3 is 2.43 bits per heavy atom. The lowest BCUT2D eigenvalue weighted by Gasteiger charge is -2.39. The summed E-state index contributed by atoms with van der Waals surface area (Å²) in [6.07, 6.45) is 8.47. The third-order valence-corrected chi connectivity index (χ3v) is 10.8. The van der Waals surface area contributed by atoms with E-state index in [1.807, 2.05) is 18.2 Å². The Labute approximate surface area is 283 Å². The maximum atomic E-state index is 14.2. The number of carbonyl (C=O) groups is 1. The molecule has 0 unspecified atom stereocenters. The van der Waals surface area contributed by atoms with Crippen LogP contribution in [0.3, 0.4) is 0 Å². The van der Waals surface area contributed by atoms with Gasteiger partial charge in [0.1, 0.15) is 24.6 Å². The molecule has 5 aliphatic heterocycles. The number of fused-ring (bicyclic) bond motifs is 4. The van der Waals surface area contributed by atoms with E-state index in [-0.39, 0.29) is 11.6 Å². The van der Waals surface area contributed by atoms with Crippen LogP contribution in [0.15, 0.2) is 71.0 Å². The van der Waals surface area contributed by atoms with E-state index in [0.29, 0.717) is 11.3 Å². The number of carbonyl (C=O) groups excluding carboxylic acids is 1. The Kier molecular flexibility index (Phi) is 7.07. The SMILES string of the molecule is CN(N=Nc1ccc([N+](=O)[O-])cc1)C(=O)c1ccccc1C1=c2cc3c4c(c2Oc2c1cc1c5c2CCCN5CCC1)CCC[N+]=4CCC3. The molecule has 0 aromatic heterocycles. The fraction of sp³-hybridized carbons (Fsp3) is 0.333. The molecular formula is C39H37N6O4+. The van der Waals surface area contributed by atoms with Gasteiger partial charge in [0.2, 0.25) is 5.36 Å². The molecule has 0 atom stereocenters. The highest BCUT2D eigenvalue weighted by Gasteiger charge is 2.36. The van der Waals surface area contributed by atoms with E-state index in [2.05, 4.69) is 38.0 Å². The van der Waals surface area contributed by atoms with E-state index in [4.69, 9.17) is 4.74 Å². The maximum Gasteiger partial charge on any atom is 0.275 e. The summed E-state index contributed by atoms with van der Waals surface area (Å²) in [5.41, 5.74) is 10.6. The first-order chi connectivity index (χ1) is 24.0. The number of hydrogen-bond donors (Lipinski definition) is 0. The van der Waals surface area contributed by atoms with Gasteiger partial charge in [-0.3, -0.25) is 14.9 Å². The molecule has 0 fully saturated rings. The summed E-state index contributed by atoms with van der Waals surface area (Å²) in [6, 6.07) is 18.3. The lowest BCUT2D eigenvalue weighted by molar-refractivity contribution is -0.384. The monoisotopic (exact) mass is 653 g/mol. The lowest BCUT2D eigenvalue weighted by Crippen LogP contribution is -2.45. The summed E-state index contributed by atoms with van der Waals surface area (Å²) in [5.74, 6) is 1.61. The topological polar surface area (TPSA) is 104 Å². The molecule has 0 bridgehead atoms. The first kappa shape index (κ1) is 29.7. The number of anilines is 1. The van der Waals surface area contributed by atoms with E-state index in [1.165, 1.54) is 62.6 Å². The van der Waals surface area contributed by atoms with E-state index < -0.39 is 4.92 Å². The number of rotatable bonds is 5. The first-order valence-corrected chi connectivity index (χ1v) is 17.4. The Balaban J connectivity index is 1.24. The van der Waals surface area contributed by atoms with Gasteiger partial charge >= 0.3 is 0 Å². The molecule has 5 aliphatic rings. The second-order valence-corrected chi connectivity index (χ2v) is 13.7. The standard InChI is InChI=1S/C39H37N6O4/c1-42(41-40-26-14-16-27(17-15-26)45(47)48)39(46)29-11-3-2-10-28(29)34-32-22-24-8-4-18-43-20-6-12-30(35(24)43)37(32)49-38-31-13-7-21-44-19-5-9-25(36(31)44)23-33(34)38/h2-3,10-11,14-17,22-23H,4-9,12-13,18-21H2,1H3/q+1. The van der Waals surface area contributed by atoms with Gasteiger partial charge in [-0.1, -0.05) is 23.4 Å². The molecule has 0 N–H and O–H groups in total. The Hall–Kier alpha value is -5.38. The zero-order valence-electron chi connectivity index (χ0n) is 27.6. The van der Waals surface area contributed by atoms with E-state index in [1.54, 1.807) is 7.05 Å². The van der Waals surface area contributed by atoms with Crippen LogP contribution >= 0.6 is 0 Å². The zero-order valence-corrected chi connectivity index (χ0v) is 27.6. The largest absolute Gasteiger partial charge is 0.455 e. The van der Waals surface area contributed by atoms with Crippen molar-refractivity contribution in [3.63, 3.8) is 0 Å². The van der Waals surface area contributed by atoms with Gasteiger partial charge in [-0.25, -0.2) is 9.58 Å². The summed E-state index contributed by atoms with van der Waals surface area (Å²) >= 11 is 0. The Bertz CT molecular complexity index is 2240. The van der Waals surface area contributed by atoms with Crippen molar-refractivity contribution in [3.05, 3.63) is 120 Å². The third-order valence-electron chi connectivity index (χ3n) is 10.8. The summed E-state index contributed by atoms with van der Waals surface area (Å²) in [7, 11) is 1.59. The second kappa shape index (κ2) is 11.6. The Morgan fingerprint density at radius 1 is 0.878 bits per heavy atom. The van der Waals surface area contributed by atoms with Crippen molar-refractivity contribution in [1.29, 1.82) is 0 Å².